The third-order valence-electron chi connectivity index (χ3n) is 2.31. The van der Waals surface area contributed by atoms with Crippen molar-refractivity contribution >= 4 is 34.0 Å². The van der Waals surface area contributed by atoms with Gasteiger partial charge in [-0.2, -0.15) is 0 Å². The molecule has 0 radical (unpaired) electrons. The Bertz CT molecular complexity index is 539. The summed E-state index contributed by atoms with van der Waals surface area (Å²) in [5.74, 6) is -0.0520. The van der Waals surface area contributed by atoms with Gasteiger partial charge in [0.05, 0.1) is 18.7 Å². The molecule has 0 saturated heterocycles. The Morgan fingerprint density at radius 1 is 1.39 bits per heavy atom. The van der Waals surface area contributed by atoms with Gasteiger partial charge in [0.1, 0.15) is 0 Å². The van der Waals surface area contributed by atoms with Crippen molar-refractivity contribution in [1.82, 2.24) is 10.3 Å². The number of halogens is 1. The summed E-state index contributed by atoms with van der Waals surface area (Å²) in [5, 5.41) is 5.80. The number of benzene rings is 1. The van der Waals surface area contributed by atoms with Crippen molar-refractivity contribution in [3.05, 3.63) is 45.9 Å². The van der Waals surface area contributed by atoms with Crippen molar-refractivity contribution in [2.75, 3.05) is 5.73 Å². The van der Waals surface area contributed by atoms with Crippen LogP contribution < -0.4 is 11.1 Å². The van der Waals surface area contributed by atoms with E-state index in [0.717, 1.165) is 11.3 Å². The van der Waals surface area contributed by atoms with Gasteiger partial charge in [0, 0.05) is 10.4 Å². The molecule has 1 aromatic heterocycles. The van der Waals surface area contributed by atoms with Gasteiger partial charge in [-0.15, -0.1) is 11.3 Å². The van der Waals surface area contributed by atoms with Gasteiger partial charge in [-0.3, -0.25) is 4.79 Å². The minimum atomic E-state index is -0.0520. The summed E-state index contributed by atoms with van der Waals surface area (Å²) in [6.45, 7) is 0.403. The summed E-state index contributed by atoms with van der Waals surface area (Å²) >= 11 is 7.13. The number of aromatic nitrogens is 1. The largest absolute Gasteiger partial charge is 0.375 e. The Kier molecular flexibility index (Phi) is 4.17. The molecule has 0 aliphatic carbocycles. The molecule has 0 spiro atoms. The van der Waals surface area contributed by atoms with E-state index in [1.165, 1.54) is 11.3 Å². The molecule has 0 unspecified atom stereocenters. The van der Waals surface area contributed by atoms with Crippen LogP contribution in [0.2, 0.25) is 5.02 Å². The number of carbonyl (C=O) groups is 1. The van der Waals surface area contributed by atoms with E-state index >= 15 is 0 Å². The van der Waals surface area contributed by atoms with Crippen LogP contribution in [-0.4, -0.2) is 10.9 Å². The summed E-state index contributed by atoms with van der Waals surface area (Å²) in [7, 11) is 0. The highest BCUT2D eigenvalue weighted by Gasteiger charge is 2.05. The minimum absolute atomic E-state index is 0.0520. The number of rotatable bonds is 4. The third kappa shape index (κ3) is 3.72. The quantitative estimate of drug-likeness (QED) is 0.903. The fraction of sp³-hybridized carbons (Fsp3) is 0.167. The predicted molar refractivity (Wildman–Crippen MR) is 73.5 cm³/mol. The molecule has 94 valence electrons. The second-order valence-electron chi connectivity index (χ2n) is 3.76. The summed E-state index contributed by atoms with van der Waals surface area (Å²) in [6.07, 6.45) is 0.330. The molecular weight excluding hydrogens is 270 g/mol. The van der Waals surface area contributed by atoms with Crippen LogP contribution in [0.4, 0.5) is 5.13 Å². The molecule has 4 nitrogen and oxygen atoms in total. The molecule has 1 heterocycles. The summed E-state index contributed by atoms with van der Waals surface area (Å²) in [4.78, 5) is 15.7. The number of nitrogen functional groups attached to an aromatic ring is 1. The fourth-order valence-electron chi connectivity index (χ4n) is 1.44. The second-order valence-corrected chi connectivity index (χ2v) is 5.08. The molecular formula is C12H12ClN3OS. The molecule has 1 amide bonds. The van der Waals surface area contributed by atoms with Crippen LogP contribution in [-0.2, 0) is 17.8 Å². The highest BCUT2D eigenvalue weighted by Crippen LogP contribution is 2.11. The van der Waals surface area contributed by atoms with E-state index < -0.39 is 0 Å². The molecule has 0 atom stereocenters. The zero-order valence-electron chi connectivity index (χ0n) is 9.52. The molecule has 6 heteroatoms. The molecule has 1 aromatic carbocycles. The maximum absolute atomic E-state index is 11.7. The lowest BCUT2D eigenvalue weighted by Gasteiger charge is -2.03. The Balaban J connectivity index is 1.83. The summed E-state index contributed by atoms with van der Waals surface area (Å²) < 4.78 is 0. The van der Waals surface area contributed by atoms with Gasteiger partial charge < -0.3 is 11.1 Å². The van der Waals surface area contributed by atoms with Crippen molar-refractivity contribution in [3.8, 4) is 0 Å². The molecule has 3 N–H and O–H groups in total. The molecule has 0 aliphatic rings. The van der Waals surface area contributed by atoms with Crippen molar-refractivity contribution in [2.45, 2.75) is 13.0 Å². The first-order chi connectivity index (χ1) is 8.63. The van der Waals surface area contributed by atoms with Crippen LogP contribution in [0.3, 0.4) is 0 Å². The number of amides is 1. The molecule has 0 bridgehead atoms. The van der Waals surface area contributed by atoms with Crippen molar-refractivity contribution in [2.24, 2.45) is 0 Å². The van der Waals surface area contributed by atoms with E-state index in [4.69, 9.17) is 17.3 Å². The predicted octanol–water partition coefficient (Wildman–Crippen LogP) is 2.24. The van der Waals surface area contributed by atoms with Crippen LogP contribution in [0.15, 0.2) is 29.6 Å². The van der Waals surface area contributed by atoms with E-state index in [2.05, 4.69) is 10.3 Å². The number of nitrogens with zero attached hydrogens (tertiary/aromatic N) is 1. The lowest BCUT2D eigenvalue weighted by molar-refractivity contribution is -0.120. The number of carbonyl (C=O) groups excluding carboxylic acids is 1. The van der Waals surface area contributed by atoms with Crippen LogP contribution in [0.25, 0.3) is 0 Å². The monoisotopic (exact) mass is 281 g/mol. The zero-order valence-corrected chi connectivity index (χ0v) is 11.1. The molecule has 18 heavy (non-hydrogen) atoms. The Labute approximate surface area is 114 Å². The average Bonchev–Trinajstić information content (AvgIpc) is 2.76. The number of nitrogens with two attached hydrogens (primary N) is 1. The standard InChI is InChI=1S/C12H12ClN3OS/c13-9-3-1-8(2-4-9)5-11(17)15-6-10-7-18-12(14)16-10/h1-4,7H,5-6H2,(H2,14,16)(H,15,17). The van der Waals surface area contributed by atoms with E-state index in [-0.39, 0.29) is 5.91 Å². The minimum Gasteiger partial charge on any atom is -0.375 e. The fourth-order valence-corrected chi connectivity index (χ4v) is 2.13. The van der Waals surface area contributed by atoms with Gasteiger partial charge in [-0.05, 0) is 17.7 Å². The number of nitrogens with one attached hydrogen (secondary N) is 1. The SMILES string of the molecule is Nc1nc(CNC(=O)Cc2ccc(Cl)cc2)cs1. The van der Waals surface area contributed by atoms with Crippen molar-refractivity contribution in [1.29, 1.82) is 0 Å². The Morgan fingerprint density at radius 3 is 2.72 bits per heavy atom. The molecule has 2 aromatic rings. The zero-order chi connectivity index (χ0) is 13.0. The summed E-state index contributed by atoms with van der Waals surface area (Å²) in [5.41, 5.74) is 7.21. The van der Waals surface area contributed by atoms with Crippen LogP contribution in [0, 0.1) is 0 Å². The number of anilines is 1. The van der Waals surface area contributed by atoms with E-state index in [1.54, 1.807) is 12.1 Å². The van der Waals surface area contributed by atoms with Gasteiger partial charge in [0.25, 0.3) is 0 Å². The van der Waals surface area contributed by atoms with Crippen molar-refractivity contribution < 1.29 is 4.79 Å². The van der Waals surface area contributed by atoms with Crippen molar-refractivity contribution in [3.63, 3.8) is 0 Å². The lowest BCUT2D eigenvalue weighted by atomic mass is 10.1. The average molecular weight is 282 g/mol. The van der Waals surface area contributed by atoms with Gasteiger partial charge in [0.15, 0.2) is 5.13 Å². The number of hydrogen-bond donors (Lipinski definition) is 2. The lowest BCUT2D eigenvalue weighted by Crippen LogP contribution is -2.24. The number of hydrogen-bond acceptors (Lipinski definition) is 4. The second kappa shape index (κ2) is 5.84. The smallest absolute Gasteiger partial charge is 0.224 e. The topological polar surface area (TPSA) is 68.0 Å². The molecule has 0 saturated carbocycles. The molecule has 0 aliphatic heterocycles. The van der Waals surface area contributed by atoms with Gasteiger partial charge >= 0.3 is 0 Å². The van der Waals surface area contributed by atoms with Crippen LogP contribution in [0.5, 0.6) is 0 Å². The number of thiazole rings is 1. The van der Waals surface area contributed by atoms with Crippen LogP contribution >= 0.6 is 22.9 Å². The highest BCUT2D eigenvalue weighted by molar-refractivity contribution is 7.13. The first-order valence-corrected chi connectivity index (χ1v) is 6.60. The Morgan fingerprint density at radius 2 is 2.11 bits per heavy atom. The first kappa shape index (κ1) is 12.9. The maximum atomic E-state index is 11.7. The Hall–Kier alpha value is -1.59. The van der Waals surface area contributed by atoms with Gasteiger partial charge in [-0.25, -0.2) is 4.98 Å². The van der Waals surface area contributed by atoms with E-state index in [1.807, 2.05) is 17.5 Å². The first-order valence-electron chi connectivity index (χ1n) is 5.34. The maximum Gasteiger partial charge on any atom is 0.224 e. The van der Waals surface area contributed by atoms with E-state index in [0.29, 0.717) is 23.1 Å². The summed E-state index contributed by atoms with van der Waals surface area (Å²) in [6, 6.07) is 7.21. The highest BCUT2D eigenvalue weighted by atomic mass is 35.5. The molecule has 0 fully saturated rings. The van der Waals surface area contributed by atoms with E-state index in [9.17, 15) is 4.79 Å². The van der Waals surface area contributed by atoms with Gasteiger partial charge in [-0.1, -0.05) is 23.7 Å². The van der Waals surface area contributed by atoms with Crippen LogP contribution in [0.1, 0.15) is 11.3 Å². The normalized spacial score (nSPS) is 10.3. The third-order valence-corrected chi connectivity index (χ3v) is 3.29. The molecule has 2 rings (SSSR count). The van der Waals surface area contributed by atoms with Gasteiger partial charge in [0.2, 0.25) is 5.91 Å².